The zero-order valence-corrected chi connectivity index (χ0v) is 11.2. The molecule has 0 bridgehead atoms. The number of anilines is 2. The fourth-order valence-corrected chi connectivity index (χ4v) is 3.32. The maximum Gasteiger partial charge on any atom is 0.234 e. The van der Waals surface area contributed by atoms with E-state index in [2.05, 4.69) is 12.1 Å². The molecular formula is C17H16N2O. The molecule has 1 heterocycles. The van der Waals surface area contributed by atoms with E-state index in [1.54, 1.807) is 0 Å². The normalized spacial score (nSPS) is 19.2. The van der Waals surface area contributed by atoms with Crippen LogP contribution in [0.3, 0.4) is 0 Å². The van der Waals surface area contributed by atoms with Crippen LogP contribution in [0, 0.1) is 0 Å². The summed E-state index contributed by atoms with van der Waals surface area (Å²) in [4.78, 5) is 14.7. The van der Waals surface area contributed by atoms with Gasteiger partial charge >= 0.3 is 0 Å². The number of benzene rings is 2. The van der Waals surface area contributed by atoms with Gasteiger partial charge in [-0.05, 0) is 47.7 Å². The molecule has 100 valence electrons. The van der Waals surface area contributed by atoms with Gasteiger partial charge in [0.25, 0.3) is 0 Å². The minimum absolute atomic E-state index is 0.0368. The standard InChI is InChI=1S/C17H16N2O/c18-13-5-6-16-12(9-13)7-8-19(16)17(20)15-10-11-3-1-2-4-14(11)15/h1-6,9,15H,7-8,10,18H2. The molecule has 3 heteroatoms. The number of rotatable bonds is 1. The van der Waals surface area contributed by atoms with E-state index in [4.69, 9.17) is 5.73 Å². The minimum atomic E-state index is 0.0368. The highest BCUT2D eigenvalue weighted by Crippen LogP contribution is 2.39. The van der Waals surface area contributed by atoms with Crippen molar-refractivity contribution in [2.24, 2.45) is 0 Å². The van der Waals surface area contributed by atoms with Crippen LogP contribution in [0.4, 0.5) is 11.4 Å². The number of carbonyl (C=O) groups is 1. The van der Waals surface area contributed by atoms with Gasteiger partial charge in [-0.1, -0.05) is 24.3 Å². The highest BCUT2D eigenvalue weighted by molar-refractivity contribution is 6.01. The molecule has 3 nitrogen and oxygen atoms in total. The quantitative estimate of drug-likeness (QED) is 0.804. The predicted molar refractivity (Wildman–Crippen MR) is 79.8 cm³/mol. The molecule has 2 aromatic carbocycles. The Hall–Kier alpha value is -2.29. The van der Waals surface area contributed by atoms with Gasteiger partial charge in [-0.3, -0.25) is 4.79 Å². The molecule has 4 rings (SSSR count). The van der Waals surface area contributed by atoms with Crippen LogP contribution in [-0.2, 0) is 17.6 Å². The van der Waals surface area contributed by atoms with Crippen LogP contribution in [0.5, 0.6) is 0 Å². The smallest absolute Gasteiger partial charge is 0.234 e. The average Bonchev–Trinajstić information content (AvgIpc) is 2.83. The molecule has 2 aliphatic rings. The lowest BCUT2D eigenvalue weighted by atomic mass is 9.77. The SMILES string of the molecule is Nc1ccc2c(c1)CCN2C(=O)C1Cc2ccccc21. The maximum absolute atomic E-state index is 12.7. The number of fused-ring (bicyclic) bond motifs is 2. The fourth-order valence-electron chi connectivity index (χ4n) is 3.32. The van der Waals surface area contributed by atoms with Gasteiger partial charge in [-0.2, -0.15) is 0 Å². The van der Waals surface area contributed by atoms with Crippen molar-refractivity contribution < 1.29 is 4.79 Å². The van der Waals surface area contributed by atoms with E-state index in [0.29, 0.717) is 0 Å². The lowest BCUT2D eigenvalue weighted by Gasteiger charge is -2.32. The van der Waals surface area contributed by atoms with Crippen LogP contribution < -0.4 is 10.6 Å². The van der Waals surface area contributed by atoms with E-state index in [1.165, 1.54) is 16.7 Å². The zero-order valence-electron chi connectivity index (χ0n) is 11.2. The molecular weight excluding hydrogens is 248 g/mol. The van der Waals surface area contributed by atoms with Crippen molar-refractivity contribution >= 4 is 17.3 Å². The molecule has 1 aliphatic carbocycles. The van der Waals surface area contributed by atoms with Gasteiger partial charge in [-0.15, -0.1) is 0 Å². The highest BCUT2D eigenvalue weighted by Gasteiger charge is 2.37. The summed E-state index contributed by atoms with van der Waals surface area (Å²) in [5.41, 5.74) is 11.3. The molecule has 1 amide bonds. The number of hydrogen-bond donors (Lipinski definition) is 1. The Kier molecular flexibility index (Phi) is 2.36. The van der Waals surface area contributed by atoms with E-state index in [1.807, 2.05) is 35.2 Å². The molecule has 0 radical (unpaired) electrons. The molecule has 1 unspecified atom stereocenters. The van der Waals surface area contributed by atoms with Gasteiger partial charge in [0.1, 0.15) is 0 Å². The second kappa shape index (κ2) is 4.10. The summed E-state index contributed by atoms with van der Waals surface area (Å²) in [6, 6.07) is 14.1. The Bertz CT molecular complexity index is 708. The van der Waals surface area contributed by atoms with Gasteiger partial charge < -0.3 is 10.6 Å². The van der Waals surface area contributed by atoms with E-state index in [9.17, 15) is 4.79 Å². The van der Waals surface area contributed by atoms with Crippen molar-refractivity contribution in [1.29, 1.82) is 0 Å². The fraction of sp³-hybridized carbons (Fsp3) is 0.235. The molecule has 0 spiro atoms. The predicted octanol–water partition coefficient (Wildman–Crippen LogP) is 2.50. The van der Waals surface area contributed by atoms with Gasteiger partial charge in [0.2, 0.25) is 5.91 Å². The first-order chi connectivity index (χ1) is 9.74. The Morgan fingerprint density at radius 1 is 1.15 bits per heavy atom. The minimum Gasteiger partial charge on any atom is -0.399 e. The molecule has 0 saturated carbocycles. The Morgan fingerprint density at radius 3 is 2.85 bits per heavy atom. The lowest BCUT2D eigenvalue weighted by Crippen LogP contribution is -2.38. The number of hydrogen-bond acceptors (Lipinski definition) is 2. The second-order valence-electron chi connectivity index (χ2n) is 5.58. The number of nitrogen functional groups attached to an aromatic ring is 1. The number of nitrogens with zero attached hydrogens (tertiary/aromatic N) is 1. The Balaban J connectivity index is 1.64. The molecule has 1 aliphatic heterocycles. The number of carbonyl (C=O) groups excluding carboxylic acids is 1. The molecule has 0 saturated heterocycles. The maximum atomic E-state index is 12.7. The third-order valence-electron chi connectivity index (χ3n) is 4.42. The van der Waals surface area contributed by atoms with Crippen LogP contribution in [0.15, 0.2) is 42.5 Å². The highest BCUT2D eigenvalue weighted by atomic mass is 16.2. The molecule has 2 aromatic rings. The molecule has 0 aromatic heterocycles. The Morgan fingerprint density at radius 2 is 2.00 bits per heavy atom. The average molecular weight is 264 g/mol. The summed E-state index contributed by atoms with van der Waals surface area (Å²) >= 11 is 0. The van der Waals surface area contributed by atoms with Crippen molar-refractivity contribution in [2.45, 2.75) is 18.8 Å². The molecule has 0 fully saturated rings. The van der Waals surface area contributed by atoms with Gasteiger partial charge in [-0.25, -0.2) is 0 Å². The molecule has 20 heavy (non-hydrogen) atoms. The summed E-state index contributed by atoms with van der Waals surface area (Å²) in [5, 5.41) is 0. The molecule has 2 N–H and O–H groups in total. The van der Waals surface area contributed by atoms with E-state index in [-0.39, 0.29) is 11.8 Å². The third-order valence-corrected chi connectivity index (χ3v) is 4.42. The van der Waals surface area contributed by atoms with Crippen molar-refractivity contribution in [3.8, 4) is 0 Å². The topological polar surface area (TPSA) is 46.3 Å². The number of nitrogens with two attached hydrogens (primary N) is 1. The summed E-state index contributed by atoms with van der Waals surface area (Å²) in [7, 11) is 0. The zero-order chi connectivity index (χ0) is 13.7. The summed E-state index contributed by atoms with van der Waals surface area (Å²) in [5.74, 6) is 0.266. The first-order valence-electron chi connectivity index (χ1n) is 7.01. The van der Waals surface area contributed by atoms with Crippen LogP contribution >= 0.6 is 0 Å². The van der Waals surface area contributed by atoms with Crippen molar-refractivity contribution in [3.63, 3.8) is 0 Å². The lowest BCUT2D eigenvalue weighted by molar-refractivity contribution is -0.120. The van der Waals surface area contributed by atoms with E-state index >= 15 is 0 Å². The van der Waals surface area contributed by atoms with Gasteiger partial charge in [0, 0.05) is 17.9 Å². The van der Waals surface area contributed by atoms with Gasteiger partial charge in [0.05, 0.1) is 5.92 Å². The summed E-state index contributed by atoms with van der Waals surface area (Å²) < 4.78 is 0. The Labute approximate surface area is 118 Å². The van der Waals surface area contributed by atoms with E-state index < -0.39 is 0 Å². The van der Waals surface area contributed by atoms with Crippen molar-refractivity contribution in [3.05, 3.63) is 59.2 Å². The first-order valence-corrected chi connectivity index (χ1v) is 7.01. The monoisotopic (exact) mass is 264 g/mol. The van der Waals surface area contributed by atoms with Crippen LogP contribution in [0.1, 0.15) is 22.6 Å². The summed E-state index contributed by atoms with van der Waals surface area (Å²) in [6.45, 7) is 0.774. The molecule has 1 atom stereocenters. The first kappa shape index (κ1) is 11.5. The van der Waals surface area contributed by atoms with Crippen LogP contribution in [0.25, 0.3) is 0 Å². The van der Waals surface area contributed by atoms with Crippen molar-refractivity contribution in [1.82, 2.24) is 0 Å². The summed E-state index contributed by atoms with van der Waals surface area (Å²) in [6.07, 6.45) is 1.77. The number of amides is 1. The van der Waals surface area contributed by atoms with Gasteiger partial charge in [0.15, 0.2) is 0 Å². The van der Waals surface area contributed by atoms with E-state index in [0.717, 1.165) is 30.8 Å². The second-order valence-corrected chi connectivity index (χ2v) is 5.58. The van der Waals surface area contributed by atoms with Crippen LogP contribution in [-0.4, -0.2) is 12.5 Å². The van der Waals surface area contributed by atoms with Crippen molar-refractivity contribution in [2.75, 3.05) is 17.2 Å². The van der Waals surface area contributed by atoms with Crippen LogP contribution in [0.2, 0.25) is 0 Å². The largest absolute Gasteiger partial charge is 0.399 e. The third kappa shape index (κ3) is 1.56.